The van der Waals surface area contributed by atoms with Crippen molar-refractivity contribution in [1.82, 2.24) is 0 Å². The van der Waals surface area contributed by atoms with Gasteiger partial charge < -0.3 is 4.74 Å². The van der Waals surface area contributed by atoms with Crippen LogP contribution < -0.4 is 0 Å². The first-order valence-corrected chi connectivity index (χ1v) is 4.38. The van der Waals surface area contributed by atoms with Gasteiger partial charge in [0.25, 0.3) is 0 Å². The van der Waals surface area contributed by atoms with Gasteiger partial charge in [0.15, 0.2) is 5.90 Å². The number of hydrogen-bond donors (Lipinski definition) is 1. The Morgan fingerprint density at radius 3 is 2.75 bits per heavy atom. The molecule has 0 amide bonds. The Morgan fingerprint density at radius 2 is 2.17 bits per heavy atom. The fourth-order valence-corrected chi connectivity index (χ4v) is 1.31. The molecule has 1 aromatic rings. The first-order chi connectivity index (χ1) is 5.74. The molecule has 0 atom stereocenters. The lowest BCUT2D eigenvalue weighted by atomic mass is 10.1. The Kier molecular flexibility index (Phi) is 3.29. The second-order valence-corrected chi connectivity index (χ2v) is 3.25. The molecule has 2 nitrogen and oxygen atoms in total. The minimum Gasteiger partial charge on any atom is -0.484 e. The Hall–Kier alpha value is -0.830. The molecular formula is C9H10BrNO. The molecule has 0 unspecified atom stereocenters. The average molecular weight is 228 g/mol. The summed E-state index contributed by atoms with van der Waals surface area (Å²) in [6.07, 6.45) is 0.540. The van der Waals surface area contributed by atoms with Crippen LogP contribution in [-0.4, -0.2) is 13.0 Å². The number of halogens is 1. The van der Waals surface area contributed by atoms with Crippen LogP contribution in [0.2, 0.25) is 0 Å². The molecular weight excluding hydrogens is 218 g/mol. The zero-order chi connectivity index (χ0) is 8.97. The van der Waals surface area contributed by atoms with E-state index in [0.717, 1.165) is 10.0 Å². The fourth-order valence-electron chi connectivity index (χ4n) is 0.887. The Morgan fingerprint density at radius 1 is 1.50 bits per heavy atom. The topological polar surface area (TPSA) is 33.1 Å². The number of methoxy groups -OCH3 is 1. The highest BCUT2D eigenvalue weighted by atomic mass is 79.9. The molecule has 0 aliphatic carbocycles. The third-order valence-corrected chi connectivity index (χ3v) is 2.33. The maximum atomic E-state index is 7.33. The number of ether oxygens (including phenoxy) is 1. The average Bonchev–Trinajstić information content (AvgIpc) is 2.09. The zero-order valence-electron chi connectivity index (χ0n) is 6.80. The van der Waals surface area contributed by atoms with Gasteiger partial charge in [0.2, 0.25) is 0 Å². The van der Waals surface area contributed by atoms with Crippen molar-refractivity contribution in [2.75, 3.05) is 7.11 Å². The third-order valence-electron chi connectivity index (χ3n) is 1.56. The smallest absolute Gasteiger partial charge is 0.184 e. The molecule has 0 spiro atoms. The summed E-state index contributed by atoms with van der Waals surface area (Å²) >= 11 is 3.40. The molecule has 0 fully saturated rings. The predicted octanol–water partition coefficient (Wildman–Crippen LogP) is 2.62. The van der Waals surface area contributed by atoms with E-state index in [1.807, 2.05) is 24.3 Å². The second kappa shape index (κ2) is 4.26. The lowest BCUT2D eigenvalue weighted by molar-refractivity contribution is 0.390. The number of benzene rings is 1. The van der Waals surface area contributed by atoms with Crippen molar-refractivity contribution < 1.29 is 4.74 Å². The standard InChI is InChI=1S/C9H10BrNO/c1-12-9(11)6-7-4-2-3-5-8(7)10/h2-5,11H,6H2,1H3. The Bertz CT molecular complexity index is 286. The van der Waals surface area contributed by atoms with Crippen LogP contribution in [0.3, 0.4) is 0 Å². The minimum atomic E-state index is 0.280. The number of hydrogen-bond acceptors (Lipinski definition) is 2. The van der Waals surface area contributed by atoms with E-state index in [-0.39, 0.29) is 5.90 Å². The summed E-state index contributed by atoms with van der Waals surface area (Å²) in [5.74, 6) is 0.280. The summed E-state index contributed by atoms with van der Waals surface area (Å²) in [6, 6.07) is 7.82. The van der Waals surface area contributed by atoms with E-state index in [9.17, 15) is 0 Å². The van der Waals surface area contributed by atoms with Crippen LogP contribution in [-0.2, 0) is 11.2 Å². The van der Waals surface area contributed by atoms with Gasteiger partial charge in [-0.05, 0) is 11.6 Å². The Labute approximate surface area is 80.2 Å². The van der Waals surface area contributed by atoms with Crippen LogP contribution in [0.25, 0.3) is 0 Å². The van der Waals surface area contributed by atoms with E-state index in [2.05, 4.69) is 15.9 Å². The van der Waals surface area contributed by atoms with Crippen molar-refractivity contribution in [2.24, 2.45) is 0 Å². The van der Waals surface area contributed by atoms with Gasteiger partial charge >= 0.3 is 0 Å². The maximum absolute atomic E-state index is 7.33. The molecule has 0 radical (unpaired) electrons. The van der Waals surface area contributed by atoms with Gasteiger partial charge in [-0.2, -0.15) is 0 Å². The summed E-state index contributed by atoms with van der Waals surface area (Å²) < 4.78 is 5.79. The number of rotatable bonds is 2. The normalized spacial score (nSPS) is 9.50. The minimum absolute atomic E-state index is 0.280. The highest BCUT2D eigenvalue weighted by Gasteiger charge is 2.01. The summed E-state index contributed by atoms with van der Waals surface area (Å²) in [6.45, 7) is 0. The van der Waals surface area contributed by atoms with Crippen molar-refractivity contribution in [2.45, 2.75) is 6.42 Å². The predicted molar refractivity (Wildman–Crippen MR) is 52.6 cm³/mol. The molecule has 0 aliphatic heterocycles. The van der Waals surface area contributed by atoms with Crippen molar-refractivity contribution >= 4 is 21.8 Å². The largest absolute Gasteiger partial charge is 0.484 e. The first kappa shape index (κ1) is 9.26. The molecule has 0 saturated heterocycles. The molecule has 0 heterocycles. The van der Waals surface area contributed by atoms with Gasteiger partial charge in [-0.3, -0.25) is 5.41 Å². The van der Waals surface area contributed by atoms with Crippen molar-refractivity contribution in [1.29, 1.82) is 5.41 Å². The van der Waals surface area contributed by atoms with Crippen molar-refractivity contribution in [3.63, 3.8) is 0 Å². The first-order valence-electron chi connectivity index (χ1n) is 3.59. The van der Waals surface area contributed by atoms with Crippen LogP contribution in [0.4, 0.5) is 0 Å². The molecule has 0 aromatic heterocycles. The van der Waals surface area contributed by atoms with Crippen molar-refractivity contribution in [3.05, 3.63) is 34.3 Å². The van der Waals surface area contributed by atoms with E-state index >= 15 is 0 Å². The molecule has 0 bridgehead atoms. The summed E-state index contributed by atoms with van der Waals surface area (Å²) in [4.78, 5) is 0. The van der Waals surface area contributed by atoms with Gasteiger partial charge in [-0.25, -0.2) is 0 Å². The highest BCUT2D eigenvalue weighted by molar-refractivity contribution is 9.10. The molecule has 0 aliphatic rings. The maximum Gasteiger partial charge on any atom is 0.184 e. The van der Waals surface area contributed by atoms with Crippen LogP contribution in [0.1, 0.15) is 5.56 Å². The van der Waals surface area contributed by atoms with Gasteiger partial charge in [0.05, 0.1) is 7.11 Å². The molecule has 0 saturated carbocycles. The van der Waals surface area contributed by atoms with Crippen LogP contribution in [0.5, 0.6) is 0 Å². The number of nitrogens with one attached hydrogen (secondary N) is 1. The molecule has 1 rings (SSSR count). The van der Waals surface area contributed by atoms with E-state index in [0.29, 0.717) is 6.42 Å². The summed E-state index contributed by atoms with van der Waals surface area (Å²) in [7, 11) is 1.51. The van der Waals surface area contributed by atoms with Crippen molar-refractivity contribution in [3.8, 4) is 0 Å². The summed E-state index contributed by atoms with van der Waals surface area (Å²) in [5.41, 5.74) is 1.07. The molecule has 64 valence electrons. The lowest BCUT2D eigenvalue weighted by Crippen LogP contribution is -2.03. The molecule has 12 heavy (non-hydrogen) atoms. The zero-order valence-corrected chi connectivity index (χ0v) is 8.39. The third kappa shape index (κ3) is 2.34. The molecule has 1 aromatic carbocycles. The van der Waals surface area contributed by atoms with Crippen LogP contribution in [0.15, 0.2) is 28.7 Å². The Balaban J connectivity index is 2.75. The quantitative estimate of drug-likeness (QED) is 0.612. The molecule has 3 heteroatoms. The SMILES string of the molecule is COC(=N)Cc1ccccc1Br. The van der Waals surface area contributed by atoms with Gasteiger partial charge in [0.1, 0.15) is 0 Å². The van der Waals surface area contributed by atoms with E-state index in [1.54, 1.807) is 0 Å². The van der Waals surface area contributed by atoms with Gasteiger partial charge in [0, 0.05) is 10.9 Å². The highest BCUT2D eigenvalue weighted by Crippen LogP contribution is 2.16. The second-order valence-electron chi connectivity index (χ2n) is 2.40. The monoisotopic (exact) mass is 227 g/mol. The fraction of sp³-hybridized carbons (Fsp3) is 0.222. The van der Waals surface area contributed by atoms with Gasteiger partial charge in [-0.1, -0.05) is 34.1 Å². The van der Waals surface area contributed by atoms with E-state index in [1.165, 1.54) is 7.11 Å². The van der Waals surface area contributed by atoms with E-state index < -0.39 is 0 Å². The van der Waals surface area contributed by atoms with E-state index in [4.69, 9.17) is 10.1 Å². The van der Waals surface area contributed by atoms with Crippen LogP contribution >= 0.6 is 15.9 Å². The van der Waals surface area contributed by atoms with Gasteiger partial charge in [-0.15, -0.1) is 0 Å². The lowest BCUT2D eigenvalue weighted by Gasteiger charge is -2.03. The molecule has 1 N–H and O–H groups in total. The van der Waals surface area contributed by atoms with Crippen LogP contribution in [0, 0.1) is 5.41 Å². The summed E-state index contributed by atoms with van der Waals surface area (Å²) in [5, 5.41) is 7.33.